The Morgan fingerprint density at radius 2 is 2.18 bits per heavy atom. The second-order valence-electron chi connectivity index (χ2n) is 6.38. The number of hydrogen-bond donors (Lipinski definition) is 2. The van der Waals surface area contributed by atoms with Crippen LogP contribution in [0.4, 0.5) is 0 Å². The van der Waals surface area contributed by atoms with Gasteiger partial charge in [0.15, 0.2) is 16.6 Å². The van der Waals surface area contributed by atoms with Gasteiger partial charge in [0.25, 0.3) is 5.56 Å². The largest absolute Gasteiger partial charge is 0.376 e. The Labute approximate surface area is 169 Å². The maximum absolute atomic E-state index is 12.2. The number of carbonyl (C=O) groups excluding carboxylic acids is 1. The highest BCUT2D eigenvalue weighted by Gasteiger charge is 2.17. The average Bonchev–Trinajstić information content (AvgIpc) is 3.33. The first-order chi connectivity index (χ1) is 13.6. The molecule has 8 nitrogen and oxygen atoms in total. The Hall–Kier alpha value is -2.36. The normalized spacial score (nSPS) is 16.5. The first-order valence-corrected chi connectivity index (χ1v) is 10.2. The number of aromatic amines is 1. The smallest absolute Gasteiger partial charge is 0.266 e. The van der Waals surface area contributed by atoms with Gasteiger partial charge < -0.3 is 10.1 Å². The fourth-order valence-corrected chi connectivity index (χ4v) is 3.83. The third-order valence-electron chi connectivity index (χ3n) is 4.31. The molecule has 1 amide bonds. The summed E-state index contributed by atoms with van der Waals surface area (Å²) in [5.41, 5.74) is 0.921. The zero-order valence-electron chi connectivity index (χ0n) is 14.9. The van der Waals surface area contributed by atoms with Crippen LogP contribution in [0.25, 0.3) is 17.0 Å². The van der Waals surface area contributed by atoms with Gasteiger partial charge in [0.1, 0.15) is 0 Å². The number of thioether (sulfide) groups is 1. The molecule has 3 heterocycles. The van der Waals surface area contributed by atoms with Gasteiger partial charge in [-0.3, -0.25) is 14.7 Å². The van der Waals surface area contributed by atoms with Crippen molar-refractivity contribution in [1.29, 1.82) is 0 Å². The summed E-state index contributed by atoms with van der Waals surface area (Å²) in [6.07, 6.45) is 2.09. The number of hydrogen-bond acceptors (Lipinski definition) is 6. The fourth-order valence-electron chi connectivity index (χ4n) is 2.92. The zero-order chi connectivity index (χ0) is 19.5. The van der Waals surface area contributed by atoms with Crippen molar-refractivity contribution in [2.75, 3.05) is 18.9 Å². The fraction of sp³-hybridized carbons (Fsp3) is 0.333. The summed E-state index contributed by atoms with van der Waals surface area (Å²) in [5, 5.41) is 6.62. The van der Waals surface area contributed by atoms with Crippen molar-refractivity contribution >= 4 is 34.9 Å². The number of benzene rings is 1. The molecule has 1 aliphatic rings. The van der Waals surface area contributed by atoms with Crippen molar-refractivity contribution in [3.63, 3.8) is 0 Å². The van der Waals surface area contributed by atoms with Crippen LogP contribution in [0, 0.1) is 0 Å². The Kier molecular flexibility index (Phi) is 5.65. The zero-order valence-corrected chi connectivity index (χ0v) is 16.4. The van der Waals surface area contributed by atoms with Crippen molar-refractivity contribution in [3.8, 4) is 11.4 Å². The van der Waals surface area contributed by atoms with Gasteiger partial charge in [-0.05, 0) is 37.1 Å². The minimum absolute atomic E-state index is 0.0945. The summed E-state index contributed by atoms with van der Waals surface area (Å²) < 4.78 is 6.99. The number of H-pyrrole nitrogens is 1. The Morgan fingerprint density at radius 3 is 2.93 bits per heavy atom. The summed E-state index contributed by atoms with van der Waals surface area (Å²) in [4.78, 5) is 32.9. The summed E-state index contributed by atoms with van der Waals surface area (Å²) in [6.45, 7) is 1.26. The molecule has 0 spiro atoms. The van der Waals surface area contributed by atoms with E-state index in [9.17, 15) is 9.59 Å². The lowest BCUT2D eigenvalue weighted by atomic mass is 10.2. The third-order valence-corrected chi connectivity index (χ3v) is 5.50. The lowest BCUT2D eigenvalue weighted by Crippen LogP contribution is -2.33. The highest BCUT2D eigenvalue weighted by molar-refractivity contribution is 7.99. The molecule has 1 atom stereocenters. The van der Waals surface area contributed by atoms with Crippen LogP contribution in [0.3, 0.4) is 0 Å². The molecule has 1 aliphatic heterocycles. The predicted molar refractivity (Wildman–Crippen MR) is 107 cm³/mol. The molecular weight excluding hydrogens is 402 g/mol. The number of nitrogens with zero attached hydrogens (tertiary/aromatic N) is 3. The van der Waals surface area contributed by atoms with Crippen LogP contribution in [0.5, 0.6) is 0 Å². The number of amides is 1. The van der Waals surface area contributed by atoms with Crippen LogP contribution < -0.4 is 10.9 Å². The lowest BCUT2D eigenvalue weighted by Gasteiger charge is -2.11. The van der Waals surface area contributed by atoms with Gasteiger partial charge in [-0.15, -0.1) is 0 Å². The van der Waals surface area contributed by atoms with Crippen LogP contribution in [-0.2, 0) is 9.53 Å². The van der Waals surface area contributed by atoms with Crippen LogP contribution in [0.2, 0.25) is 5.02 Å². The molecule has 2 N–H and O–H groups in total. The first-order valence-electron chi connectivity index (χ1n) is 8.85. The van der Waals surface area contributed by atoms with Gasteiger partial charge >= 0.3 is 0 Å². The Bertz CT molecular complexity index is 1040. The molecule has 3 aromatic rings. The second kappa shape index (κ2) is 8.34. The van der Waals surface area contributed by atoms with E-state index in [4.69, 9.17) is 16.3 Å². The monoisotopic (exact) mass is 419 g/mol. The molecular formula is C18H18ClN5O3S. The molecule has 146 valence electrons. The minimum atomic E-state index is -0.285. The van der Waals surface area contributed by atoms with E-state index in [1.165, 1.54) is 22.3 Å². The quantitative estimate of drug-likeness (QED) is 0.593. The van der Waals surface area contributed by atoms with Crippen molar-refractivity contribution < 1.29 is 9.53 Å². The number of rotatable bonds is 6. The number of carbonyl (C=O) groups is 1. The second-order valence-corrected chi connectivity index (χ2v) is 7.76. The van der Waals surface area contributed by atoms with E-state index < -0.39 is 0 Å². The molecule has 0 unspecified atom stereocenters. The molecule has 1 aromatic carbocycles. The van der Waals surface area contributed by atoms with Gasteiger partial charge in [0, 0.05) is 29.8 Å². The van der Waals surface area contributed by atoms with Gasteiger partial charge in [-0.1, -0.05) is 23.4 Å². The molecule has 10 heteroatoms. The standard InChI is InChI=1S/C18H18ClN5O3S/c19-12-5-3-11(4-6-12)17-21-14-8-15(25)23-24(14)18(22-17)28-10-16(26)20-9-13-2-1-7-27-13/h3-6,8,13H,1-2,7,9-10H2,(H,20,26)(H,23,25)/t13-/m1/s1. The van der Waals surface area contributed by atoms with E-state index in [0.717, 1.165) is 25.0 Å². The minimum Gasteiger partial charge on any atom is -0.376 e. The summed E-state index contributed by atoms with van der Waals surface area (Å²) in [6, 6.07) is 8.50. The van der Waals surface area contributed by atoms with E-state index in [-0.39, 0.29) is 23.3 Å². The highest BCUT2D eigenvalue weighted by Crippen LogP contribution is 2.22. The summed E-state index contributed by atoms with van der Waals surface area (Å²) in [5.74, 6) is 0.506. The first kappa shape index (κ1) is 19.0. The molecule has 0 saturated carbocycles. The highest BCUT2D eigenvalue weighted by atomic mass is 35.5. The summed E-state index contributed by atoms with van der Waals surface area (Å²) in [7, 11) is 0. The Balaban J connectivity index is 1.52. The molecule has 1 saturated heterocycles. The van der Waals surface area contributed by atoms with Crippen LogP contribution in [0.15, 0.2) is 40.3 Å². The van der Waals surface area contributed by atoms with E-state index in [1.807, 2.05) is 12.1 Å². The maximum atomic E-state index is 12.2. The van der Waals surface area contributed by atoms with Crippen molar-refractivity contribution in [2.45, 2.75) is 24.1 Å². The van der Waals surface area contributed by atoms with Crippen molar-refractivity contribution in [3.05, 3.63) is 45.7 Å². The van der Waals surface area contributed by atoms with Gasteiger partial charge in [0.05, 0.1) is 11.9 Å². The number of aromatic nitrogens is 4. The summed E-state index contributed by atoms with van der Waals surface area (Å²) >= 11 is 7.17. The Morgan fingerprint density at radius 1 is 1.36 bits per heavy atom. The topological polar surface area (TPSA) is 101 Å². The third kappa shape index (κ3) is 4.37. The average molecular weight is 420 g/mol. The van der Waals surface area contributed by atoms with Gasteiger partial charge in [0.2, 0.25) is 5.91 Å². The molecule has 4 rings (SSSR count). The van der Waals surface area contributed by atoms with Crippen LogP contribution in [-0.4, -0.2) is 50.5 Å². The van der Waals surface area contributed by atoms with E-state index in [1.54, 1.807) is 12.1 Å². The van der Waals surface area contributed by atoms with E-state index >= 15 is 0 Å². The van der Waals surface area contributed by atoms with E-state index in [0.29, 0.717) is 28.2 Å². The van der Waals surface area contributed by atoms with Gasteiger partial charge in [-0.2, -0.15) is 0 Å². The van der Waals surface area contributed by atoms with Crippen LogP contribution >= 0.6 is 23.4 Å². The number of nitrogens with one attached hydrogen (secondary N) is 2. The molecule has 0 aliphatic carbocycles. The van der Waals surface area contributed by atoms with Crippen molar-refractivity contribution in [1.82, 2.24) is 24.9 Å². The van der Waals surface area contributed by atoms with Crippen molar-refractivity contribution in [2.24, 2.45) is 0 Å². The predicted octanol–water partition coefficient (Wildman–Crippen LogP) is 2.13. The molecule has 0 radical (unpaired) electrons. The number of fused-ring (bicyclic) bond motifs is 1. The SMILES string of the molecule is O=C(CSc1nc(-c2ccc(Cl)cc2)nc2cc(=O)[nH]n12)NC[C@H]1CCCO1. The number of halogens is 1. The maximum Gasteiger partial charge on any atom is 0.266 e. The molecule has 0 bridgehead atoms. The van der Waals surface area contributed by atoms with Gasteiger partial charge in [-0.25, -0.2) is 14.5 Å². The lowest BCUT2D eigenvalue weighted by molar-refractivity contribution is -0.119. The number of ether oxygens (including phenoxy) is 1. The van der Waals surface area contributed by atoms with Crippen LogP contribution in [0.1, 0.15) is 12.8 Å². The molecule has 28 heavy (non-hydrogen) atoms. The van der Waals surface area contributed by atoms with E-state index in [2.05, 4.69) is 20.4 Å². The molecule has 1 fully saturated rings. The molecule has 2 aromatic heterocycles.